The van der Waals surface area contributed by atoms with Crippen molar-refractivity contribution in [2.24, 2.45) is 4.99 Å². The Morgan fingerprint density at radius 3 is 2.84 bits per heavy atom. The number of aromatic carboxylic acids is 1. The van der Waals surface area contributed by atoms with Crippen LogP contribution >= 0.6 is 11.8 Å². The molecule has 0 aliphatic carbocycles. The van der Waals surface area contributed by atoms with Crippen molar-refractivity contribution in [1.29, 1.82) is 0 Å². The number of thioether (sulfide) groups is 1. The first kappa shape index (κ1) is 13.6. The van der Waals surface area contributed by atoms with E-state index in [1.807, 2.05) is 6.92 Å². The van der Waals surface area contributed by atoms with Gasteiger partial charge in [-0.05, 0) is 24.6 Å². The molecule has 1 amide bonds. The van der Waals surface area contributed by atoms with Gasteiger partial charge >= 0.3 is 5.97 Å². The van der Waals surface area contributed by atoms with E-state index >= 15 is 0 Å². The van der Waals surface area contributed by atoms with Crippen molar-refractivity contribution in [3.8, 4) is 0 Å². The molecule has 6 nitrogen and oxygen atoms in total. The first-order chi connectivity index (χ1) is 9.10. The number of amidine groups is 1. The molecule has 99 valence electrons. The van der Waals surface area contributed by atoms with Crippen LogP contribution in [0, 0.1) is 0 Å². The van der Waals surface area contributed by atoms with Crippen molar-refractivity contribution in [3.63, 3.8) is 0 Å². The number of aliphatic imine (C=N–C) groups is 1. The molecule has 19 heavy (non-hydrogen) atoms. The van der Waals surface area contributed by atoms with Gasteiger partial charge in [-0.25, -0.2) is 4.79 Å². The molecule has 0 saturated carbocycles. The molecule has 1 heterocycles. The van der Waals surface area contributed by atoms with Crippen LogP contribution in [0.1, 0.15) is 34.1 Å². The van der Waals surface area contributed by atoms with Crippen molar-refractivity contribution < 1.29 is 14.7 Å². The summed E-state index contributed by atoms with van der Waals surface area (Å²) in [6.07, 6.45) is 0.871. The monoisotopic (exact) mass is 278 g/mol. The summed E-state index contributed by atoms with van der Waals surface area (Å²) in [6, 6.07) is 5.78. The number of hydrogen-bond acceptors (Lipinski definition) is 4. The van der Waals surface area contributed by atoms with Crippen molar-refractivity contribution >= 4 is 28.8 Å². The minimum atomic E-state index is -1.07. The largest absolute Gasteiger partial charge is 0.478 e. The topological polar surface area (TPSA) is 92.9 Å². The quantitative estimate of drug-likeness (QED) is 0.873. The van der Waals surface area contributed by atoms with E-state index in [-0.39, 0.29) is 16.5 Å². The fourth-order valence-electron chi connectivity index (χ4n) is 1.47. The number of rotatable bonds is 3. The summed E-state index contributed by atoms with van der Waals surface area (Å²) in [5.74, 6) is -1.57. The molecular weight excluding hydrogens is 266 g/mol. The minimum absolute atomic E-state index is 0.0617. The Hall–Kier alpha value is -1.86. The molecule has 1 aromatic rings. The number of carbonyl (C=O) groups is 2. The zero-order valence-electron chi connectivity index (χ0n) is 10.2. The summed E-state index contributed by atoms with van der Waals surface area (Å²) in [6.45, 7) is 2.00. The standard InChI is InChI=1S/C12H12N3O3S/c1-2-9-14-15-12(19-9)13-10(16)7-4-3-5-8(6-7)11(17)18/h3-6,9,14H,2H2,1H3,(H,17,18). The summed E-state index contributed by atoms with van der Waals surface area (Å²) in [5, 5.41) is 9.37. The highest BCUT2D eigenvalue weighted by Gasteiger charge is 2.21. The summed E-state index contributed by atoms with van der Waals surface area (Å²) in [7, 11) is 0. The van der Waals surface area contributed by atoms with Crippen LogP contribution in [0.4, 0.5) is 0 Å². The lowest BCUT2D eigenvalue weighted by molar-refractivity contribution is 0.0697. The molecule has 2 N–H and O–H groups in total. The molecule has 0 aromatic heterocycles. The van der Waals surface area contributed by atoms with Gasteiger partial charge in [0.2, 0.25) is 5.17 Å². The van der Waals surface area contributed by atoms with E-state index in [9.17, 15) is 9.59 Å². The second kappa shape index (κ2) is 5.85. The molecule has 1 radical (unpaired) electrons. The Bertz CT molecular complexity index is 545. The van der Waals surface area contributed by atoms with Gasteiger partial charge in [0.1, 0.15) is 0 Å². The second-order valence-electron chi connectivity index (χ2n) is 3.84. The molecule has 0 bridgehead atoms. The van der Waals surface area contributed by atoms with Crippen molar-refractivity contribution in [3.05, 3.63) is 35.4 Å². The third-order valence-electron chi connectivity index (χ3n) is 2.48. The Morgan fingerprint density at radius 2 is 2.21 bits per heavy atom. The van der Waals surface area contributed by atoms with E-state index in [0.29, 0.717) is 5.17 Å². The minimum Gasteiger partial charge on any atom is -0.478 e. The molecule has 1 aliphatic heterocycles. The first-order valence-electron chi connectivity index (χ1n) is 5.69. The van der Waals surface area contributed by atoms with Crippen molar-refractivity contribution in [2.45, 2.75) is 18.7 Å². The Morgan fingerprint density at radius 1 is 1.47 bits per heavy atom. The van der Waals surface area contributed by atoms with Crippen LogP contribution in [0.15, 0.2) is 29.3 Å². The SMILES string of the molecule is CCC1N[N]C(=NC(=O)c2cccc(C(=O)O)c2)S1. The van der Waals surface area contributed by atoms with E-state index in [4.69, 9.17) is 5.11 Å². The fraction of sp³-hybridized carbons (Fsp3) is 0.250. The predicted octanol–water partition coefficient (Wildman–Crippen LogP) is 1.47. The number of carboxylic acids is 1. The van der Waals surface area contributed by atoms with Gasteiger partial charge in [0.25, 0.3) is 5.91 Å². The number of nitrogens with one attached hydrogen (secondary N) is 1. The highest BCUT2D eigenvalue weighted by atomic mass is 32.2. The fourth-order valence-corrected chi connectivity index (χ4v) is 2.24. The smallest absolute Gasteiger partial charge is 0.335 e. The molecule has 2 rings (SSSR count). The molecule has 1 unspecified atom stereocenters. The molecule has 0 spiro atoms. The van der Waals surface area contributed by atoms with Crippen LogP contribution in [-0.4, -0.2) is 27.5 Å². The average Bonchev–Trinajstić information content (AvgIpc) is 2.86. The van der Waals surface area contributed by atoms with Gasteiger partial charge in [-0.2, -0.15) is 15.8 Å². The van der Waals surface area contributed by atoms with E-state index < -0.39 is 11.9 Å². The number of nitrogens with zero attached hydrogens (tertiary/aromatic N) is 2. The molecule has 1 aromatic carbocycles. The molecular formula is C12H12N3O3S. The lowest BCUT2D eigenvalue weighted by atomic mass is 10.1. The van der Waals surface area contributed by atoms with E-state index in [1.54, 1.807) is 0 Å². The van der Waals surface area contributed by atoms with Gasteiger partial charge in [-0.1, -0.05) is 24.8 Å². The Kier molecular flexibility index (Phi) is 4.18. The summed E-state index contributed by atoms with van der Waals surface area (Å²) >= 11 is 1.38. The normalized spacial score (nSPS) is 20.3. The van der Waals surface area contributed by atoms with Gasteiger partial charge in [0.15, 0.2) is 0 Å². The van der Waals surface area contributed by atoms with Crippen molar-refractivity contribution in [2.75, 3.05) is 0 Å². The molecule has 7 heteroatoms. The Balaban J connectivity index is 2.14. The van der Waals surface area contributed by atoms with E-state index in [1.165, 1.54) is 36.0 Å². The summed E-state index contributed by atoms with van der Waals surface area (Å²) in [5.41, 5.74) is 7.09. The zero-order chi connectivity index (χ0) is 13.8. The Labute approximate surface area is 114 Å². The van der Waals surface area contributed by atoms with E-state index in [0.717, 1.165) is 6.42 Å². The lowest BCUT2D eigenvalue weighted by Crippen LogP contribution is -2.24. The van der Waals surface area contributed by atoms with E-state index in [2.05, 4.69) is 15.8 Å². The second-order valence-corrected chi connectivity index (χ2v) is 5.01. The maximum atomic E-state index is 11.9. The molecule has 1 saturated heterocycles. The maximum Gasteiger partial charge on any atom is 0.335 e. The molecule has 1 aliphatic rings. The third-order valence-corrected chi connectivity index (χ3v) is 3.59. The van der Waals surface area contributed by atoms with Crippen LogP contribution in [0.2, 0.25) is 0 Å². The van der Waals surface area contributed by atoms with Crippen LogP contribution < -0.4 is 10.9 Å². The number of amides is 1. The first-order valence-corrected chi connectivity index (χ1v) is 6.57. The van der Waals surface area contributed by atoms with Crippen LogP contribution in [0.3, 0.4) is 0 Å². The summed E-state index contributed by atoms with van der Waals surface area (Å²) < 4.78 is 0. The van der Waals surface area contributed by atoms with Crippen LogP contribution in [0.5, 0.6) is 0 Å². The van der Waals surface area contributed by atoms with Gasteiger partial charge in [-0.15, -0.1) is 0 Å². The lowest BCUT2D eigenvalue weighted by Gasteiger charge is -1.99. The number of carboxylic acid groups (broad SMARTS) is 1. The number of benzene rings is 1. The van der Waals surface area contributed by atoms with Crippen molar-refractivity contribution in [1.82, 2.24) is 10.9 Å². The predicted molar refractivity (Wildman–Crippen MR) is 72.1 cm³/mol. The average molecular weight is 278 g/mol. The maximum absolute atomic E-state index is 11.9. The number of hydrogen-bond donors (Lipinski definition) is 2. The third kappa shape index (κ3) is 3.33. The molecule has 1 fully saturated rings. The zero-order valence-corrected chi connectivity index (χ0v) is 11.0. The van der Waals surface area contributed by atoms with Gasteiger partial charge in [0.05, 0.1) is 10.9 Å². The van der Waals surface area contributed by atoms with Gasteiger partial charge < -0.3 is 5.11 Å². The van der Waals surface area contributed by atoms with Crippen LogP contribution in [0.25, 0.3) is 0 Å². The number of carbonyl (C=O) groups excluding carboxylic acids is 1. The highest BCUT2D eigenvalue weighted by molar-refractivity contribution is 8.14. The van der Waals surface area contributed by atoms with Gasteiger partial charge in [-0.3, -0.25) is 4.79 Å². The highest BCUT2D eigenvalue weighted by Crippen LogP contribution is 2.18. The molecule has 1 atom stereocenters. The van der Waals surface area contributed by atoms with Crippen LogP contribution in [-0.2, 0) is 0 Å². The summed E-state index contributed by atoms with van der Waals surface area (Å²) in [4.78, 5) is 26.6. The van der Waals surface area contributed by atoms with Gasteiger partial charge in [0, 0.05) is 5.56 Å².